The fraction of sp³-hybridized carbons (Fsp3) is 0. The second kappa shape index (κ2) is 4.13. The molecule has 0 aliphatic rings. The third-order valence-corrected chi connectivity index (χ3v) is 3.44. The van der Waals surface area contributed by atoms with E-state index in [-0.39, 0.29) is 0 Å². The smallest absolute Gasteiger partial charge is 0.180 e. The first-order chi connectivity index (χ1) is 6.74. The van der Waals surface area contributed by atoms with Gasteiger partial charge in [-0.05, 0) is 24.3 Å². The van der Waals surface area contributed by atoms with E-state index >= 15 is 0 Å². The first-order valence-electron chi connectivity index (χ1n) is 3.88. The van der Waals surface area contributed by atoms with Crippen molar-refractivity contribution < 1.29 is 0 Å². The molecule has 0 aliphatic heterocycles. The van der Waals surface area contributed by atoms with Crippen molar-refractivity contribution in [2.24, 2.45) is 0 Å². The Balaban J connectivity index is 2.14. The van der Waals surface area contributed by atoms with Gasteiger partial charge in [0, 0.05) is 10.3 Å². The number of nitrogen functional groups attached to an aromatic ring is 1. The average Bonchev–Trinajstić information content (AvgIpc) is 2.72. The van der Waals surface area contributed by atoms with E-state index in [1.165, 1.54) is 22.7 Å². The van der Waals surface area contributed by atoms with Crippen molar-refractivity contribution in [2.75, 3.05) is 5.73 Å². The van der Waals surface area contributed by atoms with Crippen molar-refractivity contribution in [1.29, 1.82) is 0 Å². The molecule has 5 heteroatoms. The lowest BCUT2D eigenvalue weighted by Crippen LogP contribution is -1.80. The fourth-order valence-corrected chi connectivity index (χ4v) is 2.46. The first-order valence-corrected chi connectivity index (χ1v) is 5.96. The van der Waals surface area contributed by atoms with Crippen molar-refractivity contribution in [2.45, 2.75) is 0 Å². The number of hydrogen-bond donors (Lipinski definition) is 1. The Morgan fingerprint density at radius 2 is 2.21 bits per heavy atom. The Kier molecular flexibility index (Phi) is 2.86. The van der Waals surface area contributed by atoms with Gasteiger partial charge in [0.05, 0.1) is 10.0 Å². The van der Waals surface area contributed by atoms with E-state index in [1.54, 1.807) is 0 Å². The Morgan fingerprint density at radius 1 is 1.36 bits per heavy atom. The van der Waals surface area contributed by atoms with Gasteiger partial charge in [0.15, 0.2) is 5.13 Å². The second-order valence-corrected chi connectivity index (χ2v) is 5.22. The maximum atomic E-state index is 5.80. The highest BCUT2D eigenvalue weighted by molar-refractivity contribution is 7.17. The monoisotopic (exact) mass is 242 g/mol. The van der Waals surface area contributed by atoms with Gasteiger partial charge in [0.1, 0.15) is 0 Å². The molecule has 0 amide bonds. The molecule has 2 heterocycles. The molecule has 0 saturated heterocycles. The number of nitrogens with zero attached hydrogens (tertiary/aromatic N) is 1. The summed E-state index contributed by atoms with van der Waals surface area (Å²) in [5.41, 5.74) is 6.39. The highest BCUT2D eigenvalue weighted by Crippen LogP contribution is 2.23. The van der Waals surface area contributed by atoms with Crippen molar-refractivity contribution in [1.82, 2.24) is 4.98 Å². The van der Waals surface area contributed by atoms with Gasteiger partial charge in [-0.1, -0.05) is 11.6 Å². The number of thiophene rings is 1. The van der Waals surface area contributed by atoms with Crippen molar-refractivity contribution in [3.63, 3.8) is 0 Å². The summed E-state index contributed by atoms with van der Waals surface area (Å²) >= 11 is 8.77. The van der Waals surface area contributed by atoms with Crippen molar-refractivity contribution in [3.05, 3.63) is 32.4 Å². The molecule has 2 N–H and O–H groups in total. The summed E-state index contributed by atoms with van der Waals surface area (Å²) < 4.78 is 0.794. The van der Waals surface area contributed by atoms with Crippen LogP contribution >= 0.6 is 34.3 Å². The number of aromatic nitrogens is 1. The minimum atomic E-state index is 0.592. The fourth-order valence-electron chi connectivity index (χ4n) is 0.963. The molecule has 2 nitrogen and oxygen atoms in total. The van der Waals surface area contributed by atoms with Crippen molar-refractivity contribution >= 4 is 51.6 Å². The summed E-state index contributed by atoms with van der Waals surface area (Å²) in [6.45, 7) is 0. The zero-order chi connectivity index (χ0) is 9.97. The third kappa shape index (κ3) is 2.35. The second-order valence-electron chi connectivity index (χ2n) is 2.59. The molecule has 0 aromatic carbocycles. The molecule has 14 heavy (non-hydrogen) atoms. The Hall–Kier alpha value is -0.840. The van der Waals surface area contributed by atoms with Gasteiger partial charge < -0.3 is 5.73 Å². The molecule has 0 atom stereocenters. The van der Waals surface area contributed by atoms with Crippen LogP contribution in [0.4, 0.5) is 5.13 Å². The van der Waals surface area contributed by atoms with E-state index in [1.807, 2.05) is 29.7 Å². The Labute approximate surface area is 94.7 Å². The van der Waals surface area contributed by atoms with Gasteiger partial charge in [-0.25, -0.2) is 4.98 Å². The minimum Gasteiger partial charge on any atom is -0.375 e. The van der Waals surface area contributed by atoms with Gasteiger partial charge in [-0.2, -0.15) is 0 Å². The van der Waals surface area contributed by atoms with Crippen LogP contribution in [0.1, 0.15) is 10.6 Å². The lowest BCUT2D eigenvalue weighted by Gasteiger charge is -1.82. The summed E-state index contributed by atoms with van der Waals surface area (Å²) in [6, 6.07) is 3.85. The zero-order valence-electron chi connectivity index (χ0n) is 7.11. The SMILES string of the molecule is Nc1nc(/C=C/c2ccc(Cl)s2)cs1. The van der Waals surface area contributed by atoms with Gasteiger partial charge in [0.25, 0.3) is 0 Å². The largest absolute Gasteiger partial charge is 0.375 e. The quantitative estimate of drug-likeness (QED) is 0.874. The minimum absolute atomic E-state index is 0.592. The highest BCUT2D eigenvalue weighted by Gasteiger charge is 1.95. The van der Waals surface area contributed by atoms with Gasteiger partial charge in [0.2, 0.25) is 0 Å². The van der Waals surface area contributed by atoms with Crippen LogP contribution in [0.15, 0.2) is 17.5 Å². The molecule has 2 aromatic heterocycles. The van der Waals surface area contributed by atoms with E-state index in [0.29, 0.717) is 5.13 Å². The molecular formula is C9H7ClN2S2. The Morgan fingerprint density at radius 3 is 2.79 bits per heavy atom. The molecule has 0 spiro atoms. The van der Waals surface area contributed by atoms with Crippen LogP contribution in [0.5, 0.6) is 0 Å². The normalized spacial score (nSPS) is 11.2. The van der Waals surface area contributed by atoms with E-state index in [2.05, 4.69) is 4.98 Å². The summed E-state index contributed by atoms with van der Waals surface area (Å²) in [5.74, 6) is 0. The summed E-state index contributed by atoms with van der Waals surface area (Å²) in [5, 5.41) is 2.51. The number of hydrogen-bond acceptors (Lipinski definition) is 4. The van der Waals surface area contributed by atoms with Gasteiger partial charge in [-0.15, -0.1) is 22.7 Å². The average molecular weight is 243 g/mol. The molecule has 0 bridgehead atoms. The van der Waals surface area contributed by atoms with Crippen LogP contribution in [0.2, 0.25) is 4.34 Å². The van der Waals surface area contributed by atoms with Crippen LogP contribution in [-0.2, 0) is 0 Å². The van der Waals surface area contributed by atoms with Crippen LogP contribution < -0.4 is 5.73 Å². The van der Waals surface area contributed by atoms with E-state index in [0.717, 1.165) is 14.9 Å². The molecule has 2 rings (SSSR count). The zero-order valence-corrected chi connectivity index (χ0v) is 9.49. The van der Waals surface area contributed by atoms with Crippen LogP contribution in [0.3, 0.4) is 0 Å². The summed E-state index contributed by atoms with van der Waals surface area (Å²) in [6.07, 6.45) is 3.90. The van der Waals surface area contributed by atoms with Crippen LogP contribution in [0.25, 0.3) is 12.2 Å². The predicted molar refractivity (Wildman–Crippen MR) is 64.8 cm³/mol. The number of halogens is 1. The number of thiazole rings is 1. The standard InChI is InChI=1S/C9H7ClN2S2/c10-8-4-3-7(14-8)2-1-6-5-13-9(11)12-6/h1-5H,(H2,11,12)/b2-1+. The van der Waals surface area contributed by atoms with E-state index < -0.39 is 0 Å². The lowest BCUT2D eigenvalue weighted by atomic mass is 10.4. The first kappa shape index (κ1) is 9.71. The third-order valence-electron chi connectivity index (χ3n) is 1.55. The predicted octanol–water partition coefficient (Wildman–Crippen LogP) is 3.61. The molecule has 0 unspecified atom stereocenters. The number of nitrogens with two attached hydrogens (primary N) is 1. The maximum absolute atomic E-state index is 5.80. The molecule has 2 aromatic rings. The Bertz CT molecular complexity index is 417. The summed E-state index contributed by atoms with van der Waals surface area (Å²) in [7, 11) is 0. The highest BCUT2D eigenvalue weighted by atomic mass is 35.5. The summed E-state index contributed by atoms with van der Waals surface area (Å²) in [4.78, 5) is 5.23. The molecule has 0 fully saturated rings. The molecule has 72 valence electrons. The van der Waals surface area contributed by atoms with E-state index in [4.69, 9.17) is 17.3 Å². The van der Waals surface area contributed by atoms with Crippen molar-refractivity contribution in [3.8, 4) is 0 Å². The van der Waals surface area contributed by atoms with Crippen LogP contribution in [0, 0.1) is 0 Å². The van der Waals surface area contributed by atoms with Gasteiger partial charge >= 0.3 is 0 Å². The van der Waals surface area contributed by atoms with E-state index in [9.17, 15) is 0 Å². The molecule has 0 saturated carbocycles. The van der Waals surface area contributed by atoms with Gasteiger partial charge in [-0.3, -0.25) is 0 Å². The number of rotatable bonds is 2. The van der Waals surface area contributed by atoms with Crippen LogP contribution in [-0.4, -0.2) is 4.98 Å². The molecular weight excluding hydrogens is 236 g/mol. The topological polar surface area (TPSA) is 38.9 Å². The lowest BCUT2D eigenvalue weighted by molar-refractivity contribution is 1.39. The molecule has 0 aliphatic carbocycles. The maximum Gasteiger partial charge on any atom is 0.180 e. The number of anilines is 1. The molecule has 0 radical (unpaired) electrons.